The van der Waals surface area contributed by atoms with Crippen molar-refractivity contribution in [1.29, 1.82) is 0 Å². The highest BCUT2D eigenvalue weighted by Gasteiger charge is 2.35. The number of piperidine rings is 1. The predicted octanol–water partition coefficient (Wildman–Crippen LogP) is 2.92. The maximum atomic E-state index is 13.1. The molecule has 5 rings (SSSR count). The molecule has 0 radical (unpaired) electrons. The van der Waals surface area contributed by atoms with Crippen molar-refractivity contribution in [2.24, 2.45) is 0 Å². The maximum absolute atomic E-state index is 13.1. The Bertz CT molecular complexity index is 1330. The molecule has 2 N–H and O–H groups in total. The minimum Gasteiger partial charge on any atom is -0.388 e. The predicted molar refractivity (Wildman–Crippen MR) is 134 cm³/mol. The number of rotatable bonds is 7. The highest BCUT2D eigenvalue weighted by Crippen LogP contribution is 2.28. The zero-order valence-electron chi connectivity index (χ0n) is 19.9. The van der Waals surface area contributed by atoms with Gasteiger partial charge in [-0.15, -0.1) is 0 Å². The number of aromatic nitrogens is 4. The van der Waals surface area contributed by atoms with E-state index in [1.54, 1.807) is 10.9 Å². The van der Waals surface area contributed by atoms with Crippen molar-refractivity contribution in [3.05, 3.63) is 89.2 Å². The number of hydrogen-bond donors (Lipinski definition) is 2. The Morgan fingerprint density at radius 1 is 0.971 bits per heavy atom. The Morgan fingerprint density at radius 3 is 2.31 bits per heavy atom. The fourth-order valence-corrected chi connectivity index (χ4v) is 4.92. The van der Waals surface area contributed by atoms with Crippen LogP contribution in [0.3, 0.4) is 0 Å². The molecule has 8 heteroatoms. The second-order valence-corrected chi connectivity index (χ2v) is 9.59. The van der Waals surface area contributed by atoms with Crippen LogP contribution in [0.5, 0.6) is 0 Å². The van der Waals surface area contributed by atoms with Gasteiger partial charge in [-0.2, -0.15) is 0 Å². The summed E-state index contributed by atoms with van der Waals surface area (Å²) in [7, 11) is 0. The fourth-order valence-electron chi connectivity index (χ4n) is 4.92. The summed E-state index contributed by atoms with van der Waals surface area (Å²) in [5.41, 5.74) is 1.56. The summed E-state index contributed by atoms with van der Waals surface area (Å²) < 4.78 is 3.24. The average molecular weight is 474 g/mol. The number of fused-ring (bicyclic) bond motifs is 1. The molecule has 0 unspecified atom stereocenters. The number of imidazole rings is 1. The first-order valence-electron chi connectivity index (χ1n) is 12.1. The molecule has 4 aromatic rings. The summed E-state index contributed by atoms with van der Waals surface area (Å²) in [5, 5.41) is 22.0. The number of benzene rings is 2. The molecule has 1 aliphatic heterocycles. The van der Waals surface area contributed by atoms with Crippen LogP contribution in [0.2, 0.25) is 0 Å². The quantitative estimate of drug-likeness (QED) is 0.429. The molecule has 182 valence electrons. The summed E-state index contributed by atoms with van der Waals surface area (Å²) in [6.45, 7) is 3.39. The van der Waals surface area contributed by atoms with Crippen LogP contribution in [0.1, 0.15) is 37.7 Å². The molecular weight excluding hydrogens is 442 g/mol. The first-order valence-corrected chi connectivity index (χ1v) is 12.1. The third-order valence-electron chi connectivity index (χ3n) is 7.11. The molecule has 0 aliphatic carbocycles. The van der Waals surface area contributed by atoms with E-state index in [1.807, 2.05) is 53.4 Å². The summed E-state index contributed by atoms with van der Waals surface area (Å²) in [5.74, 6) is 0.235. The van der Waals surface area contributed by atoms with Crippen LogP contribution in [0.15, 0.2) is 78.1 Å². The minimum atomic E-state index is -1.04. The van der Waals surface area contributed by atoms with E-state index in [0.29, 0.717) is 38.0 Å². The molecule has 35 heavy (non-hydrogen) atoms. The Kier molecular flexibility index (Phi) is 6.51. The van der Waals surface area contributed by atoms with Gasteiger partial charge in [0.1, 0.15) is 18.9 Å². The van der Waals surface area contributed by atoms with Crippen molar-refractivity contribution in [2.75, 3.05) is 13.1 Å². The Morgan fingerprint density at radius 2 is 1.63 bits per heavy atom. The van der Waals surface area contributed by atoms with Crippen molar-refractivity contribution in [2.45, 2.75) is 50.5 Å². The third-order valence-corrected chi connectivity index (χ3v) is 7.11. The Hall–Kier alpha value is -3.33. The van der Waals surface area contributed by atoms with E-state index < -0.39 is 11.8 Å². The Balaban J connectivity index is 1.24. The molecule has 1 fully saturated rings. The molecule has 0 bridgehead atoms. The van der Waals surface area contributed by atoms with Gasteiger partial charge in [-0.1, -0.05) is 55.5 Å². The van der Waals surface area contributed by atoms with Gasteiger partial charge in [-0.25, -0.2) is 9.97 Å². The normalized spacial score (nSPS) is 17.9. The van der Waals surface area contributed by atoms with Crippen LogP contribution in [0.25, 0.3) is 16.9 Å². The van der Waals surface area contributed by atoms with E-state index in [-0.39, 0.29) is 23.5 Å². The molecule has 2 atom stereocenters. The van der Waals surface area contributed by atoms with Gasteiger partial charge in [0, 0.05) is 18.8 Å². The van der Waals surface area contributed by atoms with Gasteiger partial charge in [-0.05, 0) is 42.9 Å². The van der Waals surface area contributed by atoms with Gasteiger partial charge in [0.25, 0.3) is 5.56 Å². The van der Waals surface area contributed by atoms with E-state index in [2.05, 4.69) is 29.0 Å². The smallest absolute Gasteiger partial charge is 0.281 e. The van der Waals surface area contributed by atoms with E-state index in [4.69, 9.17) is 0 Å². The van der Waals surface area contributed by atoms with Gasteiger partial charge in [0.15, 0.2) is 11.2 Å². The molecule has 0 spiro atoms. The lowest BCUT2D eigenvalue weighted by atomic mass is 9.90. The molecule has 2 aromatic carbocycles. The molecule has 1 aliphatic rings. The lowest BCUT2D eigenvalue weighted by molar-refractivity contribution is -0.0841. The highest BCUT2D eigenvalue weighted by atomic mass is 16.3. The molecule has 8 nitrogen and oxygen atoms in total. The average Bonchev–Trinajstić information content (AvgIpc) is 3.32. The van der Waals surface area contributed by atoms with Gasteiger partial charge < -0.3 is 10.2 Å². The number of para-hydroxylation sites is 1. The van der Waals surface area contributed by atoms with Crippen LogP contribution in [0.4, 0.5) is 0 Å². The van der Waals surface area contributed by atoms with Gasteiger partial charge in [0.2, 0.25) is 0 Å². The fraction of sp³-hybridized carbons (Fsp3) is 0.370. The molecule has 2 aromatic heterocycles. The monoisotopic (exact) mass is 473 g/mol. The van der Waals surface area contributed by atoms with E-state index in [0.717, 1.165) is 5.69 Å². The van der Waals surface area contributed by atoms with Gasteiger partial charge in [0.05, 0.1) is 12.1 Å². The lowest BCUT2D eigenvalue weighted by Crippen LogP contribution is -2.51. The second-order valence-electron chi connectivity index (χ2n) is 9.59. The van der Waals surface area contributed by atoms with Crippen molar-refractivity contribution >= 4 is 11.2 Å². The zero-order chi connectivity index (χ0) is 24.4. The van der Waals surface area contributed by atoms with Crippen molar-refractivity contribution < 1.29 is 10.2 Å². The van der Waals surface area contributed by atoms with Crippen LogP contribution in [0, 0.1) is 0 Å². The molecule has 1 saturated heterocycles. The minimum absolute atomic E-state index is 0.150. The summed E-state index contributed by atoms with van der Waals surface area (Å²) >= 11 is 0. The third kappa shape index (κ3) is 4.91. The highest BCUT2D eigenvalue weighted by molar-refractivity contribution is 5.71. The first kappa shape index (κ1) is 23.4. The van der Waals surface area contributed by atoms with Crippen molar-refractivity contribution in [3.8, 4) is 5.69 Å². The molecular formula is C27H31N5O3. The number of aliphatic hydroxyl groups is 2. The largest absolute Gasteiger partial charge is 0.388 e. The summed E-state index contributed by atoms with van der Waals surface area (Å²) in [6.07, 6.45) is 4.08. The molecule has 0 amide bonds. The Labute approximate surface area is 204 Å². The van der Waals surface area contributed by atoms with Crippen LogP contribution < -0.4 is 5.56 Å². The van der Waals surface area contributed by atoms with Crippen LogP contribution >= 0.6 is 0 Å². The SMILES string of the molecule is C[C@H](C[C@@H](O)N1CCC(O)(Cn2cnc3c(ncn3-c3ccccc3)c2=O)CC1)c1ccccc1. The maximum Gasteiger partial charge on any atom is 0.281 e. The lowest BCUT2D eigenvalue weighted by Gasteiger charge is -2.40. The summed E-state index contributed by atoms with van der Waals surface area (Å²) in [4.78, 5) is 23.9. The van der Waals surface area contributed by atoms with E-state index in [1.165, 1.54) is 16.5 Å². The van der Waals surface area contributed by atoms with Crippen LogP contribution in [-0.2, 0) is 6.54 Å². The standard InChI is InChI=1S/C27H31N5O3/c1-20(21-8-4-2-5-9-21)16-23(33)30-14-12-27(35,13-15-30)17-31-18-29-25-24(26(31)34)28-19-32(25)22-10-6-3-7-11-22/h2-11,18-20,23,33,35H,12-17H2,1H3/t20-,23-/m1/s1. The second kappa shape index (κ2) is 9.73. The number of hydrogen-bond acceptors (Lipinski definition) is 6. The van der Waals surface area contributed by atoms with Crippen LogP contribution in [-0.4, -0.2) is 59.1 Å². The first-order chi connectivity index (χ1) is 16.9. The van der Waals surface area contributed by atoms with Crippen molar-refractivity contribution in [3.63, 3.8) is 0 Å². The number of nitrogens with zero attached hydrogens (tertiary/aromatic N) is 5. The van der Waals surface area contributed by atoms with Gasteiger partial charge in [-0.3, -0.25) is 18.8 Å². The molecule has 3 heterocycles. The number of aliphatic hydroxyl groups excluding tert-OH is 1. The molecule has 0 saturated carbocycles. The van der Waals surface area contributed by atoms with Gasteiger partial charge >= 0.3 is 0 Å². The van der Waals surface area contributed by atoms with E-state index >= 15 is 0 Å². The summed E-state index contributed by atoms with van der Waals surface area (Å²) in [6, 6.07) is 19.8. The number of likely N-dealkylation sites (tertiary alicyclic amines) is 1. The zero-order valence-corrected chi connectivity index (χ0v) is 19.9. The van der Waals surface area contributed by atoms with E-state index in [9.17, 15) is 15.0 Å². The topological polar surface area (TPSA) is 96.4 Å². The van der Waals surface area contributed by atoms with Crippen molar-refractivity contribution in [1.82, 2.24) is 24.0 Å².